The van der Waals surface area contributed by atoms with Crippen LogP contribution in [-0.2, 0) is 26.0 Å². The maximum atomic E-state index is 13.0. The minimum Gasteiger partial charge on any atom is -0.489 e. The van der Waals surface area contributed by atoms with Crippen molar-refractivity contribution in [3.05, 3.63) is 41.9 Å². The van der Waals surface area contributed by atoms with E-state index in [4.69, 9.17) is 18.6 Å². The molecule has 0 atom stereocenters. The summed E-state index contributed by atoms with van der Waals surface area (Å²) in [6.07, 6.45) is 1.30. The molecule has 0 saturated carbocycles. The van der Waals surface area contributed by atoms with Crippen molar-refractivity contribution in [2.75, 3.05) is 38.2 Å². The fraction of sp³-hybridized carbons (Fsp3) is 0.476. The summed E-state index contributed by atoms with van der Waals surface area (Å²) in [6, 6.07) is 6.24. The Kier molecular flexibility index (Phi) is 7.58. The fourth-order valence-electron chi connectivity index (χ4n) is 3.14. The van der Waals surface area contributed by atoms with E-state index in [1.807, 2.05) is 13.8 Å². The molecule has 3 rings (SSSR count). The van der Waals surface area contributed by atoms with Crippen molar-refractivity contribution in [2.24, 2.45) is 0 Å². The molecule has 0 unspecified atom stereocenters. The van der Waals surface area contributed by atoms with Gasteiger partial charge in [0, 0.05) is 13.1 Å². The molecule has 1 fully saturated rings. The van der Waals surface area contributed by atoms with Gasteiger partial charge in [-0.15, -0.1) is 0 Å². The number of furan rings is 1. The largest absolute Gasteiger partial charge is 0.489 e. The molecule has 1 aromatic heterocycles. The third-order valence-corrected chi connectivity index (χ3v) is 6.50. The SMILES string of the molecule is CCOC(=O)c1ccoc1CNc1cc(S(=O)(=O)N2CCOCC2)ccc1OC(C)C. The molecule has 1 aromatic carbocycles. The fourth-order valence-corrected chi connectivity index (χ4v) is 4.58. The molecule has 170 valence electrons. The highest BCUT2D eigenvalue weighted by Gasteiger charge is 2.27. The molecule has 9 nitrogen and oxygen atoms in total. The van der Waals surface area contributed by atoms with E-state index < -0.39 is 16.0 Å². The summed E-state index contributed by atoms with van der Waals surface area (Å²) < 4.78 is 49.0. The van der Waals surface area contributed by atoms with Gasteiger partial charge in [-0.1, -0.05) is 0 Å². The summed E-state index contributed by atoms with van der Waals surface area (Å²) >= 11 is 0. The number of anilines is 1. The summed E-state index contributed by atoms with van der Waals surface area (Å²) in [6.45, 7) is 7.26. The third kappa shape index (κ3) is 5.57. The van der Waals surface area contributed by atoms with Crippen LogP contribution in [0.3, 0.4) is 0 Å². The number of esters is 1. The second kappa shape index (κ2) is 10.2. The lowest BCUT2D eigenvalue weighted by molar-refractivity contribution is 0.0524. The first-order valence-corrected chi connectivity index (χ1v) is 11.6. The van der Waals surface area contributed by atoms with Gasteiger partial charge in [0.1, 0.15) is 17.1 Å². The number of hydrogen-bond acceptors (Lipinski definition) is 8. The monoisotopic (exact) mass is 452 g/mol. The number of ether oxygens (including phenoxy) is 3. The smallest absolute Gasteiger partial charge is 0.341 e. The summed E-state index contributed by atoms with van der Waals surface area (Å²) in [5.74, 6) is 0.408. The summed E-state index contributed by atoms with van der Waals surface area (Å²) in [7, 11) is -3.67. The van der Waals surface area contributed by atoms with Crippen LogP contribution in [0, 0.1) is 0 Å². The van der Waals surface area contributed by atoms with Crippen LogP contribution in [0.2, 0.25) is 0 Å². The van der Waals surface area contributed by atoms with E-state index in [0.29, 0.717) is 49.1 Å². The van der Waals surface area contributed by atoms with Gasteiger partial charge >= 0.3 is 5.97 Å². The standard InChI is InChI=1S/C21H28N2O7S/c1-4-28-21(24)17-7-10-29-20(17)14-22-18-13-16(5-6-19(18)30-15(2)3)31(25,26)23-8-11-27-12-9-23/h5-7,10,13,15,22H,4,8-9,11-12,14H2,1-3H3. The Bertz CT molecular complexity index is 995. The van der Waals surface area contributed by atoms with Gasteiger partial charge in [-0.05, 0) is 45.0 Å². The van der Waals surface area contributed by atoms with Gasteiger partial charge in [-0.3, -0.25) is 0 Å². The number of hydrogen-bond donors (Lipinski definition) is 1. The number of nitrogens with zero attached hydrogens (tertiary/aromatic N) is 1. The van der Waals surface area contributed by atoms with Crippen LogP contribution in [0.4, 0.5) is 5.69 Å². The van der Waals surface area contributed by atoms with Crippen LogP contribution in [0.25, 0.3) is 0 Å². The average Bonchev–Trinajstić information content (AvgIpc) is 3.22. The molecular weight excluding hydrogens is 424 g/mol. The Labute approximate surface area is 182 Å². The van der Waals surface area contributed by atoms with Crippen molar-refractivity contribution >= 4 is 21.7 Å². The number of morpholine rings is 1. The van der Waals surface area contributed by atoms with Gasteiger partial charge in [-0.25, -0.2) is 13.2 Å². The van der Waals surface area contributed by atoms with Crippen LogP contribution in [-0.4, -0.2) is 57.7 Å². The van der Waals surface area contributed by atoms with E-state index in [1.165, 1.54) is 22.7 Å². The third-order valence-electron chi connectivity index (χ3n) is 4.60. The first kappa shape index (κ1) is 23.1. The van der Waals surface area contributed by atoms with E-state index in [2.05, 4.69) is 5.32 Å². The summed E-state index contributed by atoms with van der Waals surface area (Å²) in [4.78, 5) is 12.2. The molecule has 1 N–H and O–H groups in total. The van der Waals surface area contributed by atoms with Crippen LogP contribution >= 0.6 is 0 Å². The van der Waals surface area contributed by atoms with Crippen molar-refractivity contribution in [1.29, 1.82) is 0 Å². The average molecular weight is 453 g/mol. The molecular formula is C21H28N2O7S. The highest BCUT2D eigenvalue weighted by molar-refractivity contribution is 7.89. The van der Waals surface area contributed by atoms with Crippen molar-refractivity contribution < 1.29 is 31.8 Å². The second-order valence-corrected chi connectivity index (χ2v) is 9.11. The molecule has 10 heteroatoms. The first-order chi connectivity index (χ1) is 14.8. The van der Waals surface area contributed by atoms with Crippen LogP contribution in [0.1, 0.15) is 36.9 Å². The van der Waals surface area contributed by atoms with Crippen molar-refractivity contribution in [1.82, 2.24) is 4.31 Å². The molecule has 0 amide bonds. The van der Waals surface area contributed by atoms with E-state index >= 15 is 0 Å². The number of carbonyl (C=O) groups excluding carboxylic acids is 1. The zero-order chi connectivity index (χ0) is 22.4. The van der Waals surface area contributed by atoms with Crippen LogP contribution < -0.4 is 10.1 Å². The maximum Gasteiger partial charge on any atom is 0.341 e. The Morgan fingerprint density at radius 3 is 2.65 bits per heavy atom. The van der Waals surface area contributed by atoms with E-state index in [0.717, 1.165) is 0 Å². The number of nitrogens with one attached hydrogen (secondary N) is 1. The predicted molar refractivity (Wildman–Crippen MR) is 114 cm³/mol. The number of carbonyl (C=O) groups is 1. The molecule has 31 heavy (non-hydrogen) atoms. The number of sulfonamides is 1. The molecule has 0 spiro atoms. The Morgan fingerprint density at radius 2 is 1.97 bits per heavy atom. The van der Waals surface area contributed by atoms with Gasteiger partial charge in [0.2, 0.25) is 10.0 Å². The van der Waals surface area contributed by atoms with E-state index in [1.54, 1.807) is 19.1 Å². The molecule has 1 aliphatic rings. The summed E-state index contributed by atoms with van der Waals surface area (Å²) in [5.41, 5.74) is 0.798. The van der Waals surface area contributed by atoms with Crippen molar-refractivity contribution in [2.45, 2.75) is 38.3 Å². The topological polar surface area (TPSA) is 107 Å². The van der Waals surface area contributed by atoms with Crippen molar-refractivity contribution in [3.8, 4) is 5.75 Å². The second-order valence-electron chi connectivity index (χ2n) is 7.17. The number of benzene rings is 1. The number of rotatable bonds is 9. The highest BCUT2D eigenvalue weighted by atomic mass is 32.2. The summed E-state index contributed by atoms with van der Waals surface area (Å²) in [5, 5.41) is 3.14. The highest BCUT2D eigenvalue weighted by Crippen LogP contribution is 2.31. The molecule has 0 bridgehead atoms. The first-order valence-electron chi connectivity index (χ1n) is 10.2. The quantitative estimate of drug-likeness (QED) is 0.579. The zero-order valence-electron chi connectivity index (χ0n) is 17.9. The van der Waals surface area contributed by atoms with E-state index in [9.17, 15) is 13.2 Å². The van der Waals surface area contributed by atoms with Crippen LogP contribution in [0.15, 0.2) is 39.8 Å². The maximum absolute atomic E-state index is 13.0. The normalized spacial score (nSPS) is 15.1. The van der Waals surface area contributed by atoms with Crippen molar-refractivity contribution in [3.63, 3.8) is 0 Å². The molecule has 0 aliphatic carbocycles. The lowest BCUT2D eigenvalue weighted by Crippen LogP contribution is -2.40. The predicted octanol–water partition coefficient (Wildman–Crippen LogP) is 2.88. The minimum atomic E-state index is -3.67. The van der Waals surface area contributed by atoms with Gasteiger partial charge in [0.15, 0.2) is 0 Å². The zero-order valence-corrected chi connectivity index (χ0v) is 18.7. The van der Waals surface area contributed by atoms with Gasteiger partial charge in [0.05, 0.1) is 49.3 Å². The van der Waals surface area contributed by atoms with Gasteiger partial charge in [-0.2, -0.15) is 4.31 Å². The molecule has 1 saturated heterocycles. The Hall–Kier alpha value is -2.56. The van der Waals surface area contributed by atoms with Gasteiger partial charge < -0.3 is 23.9 Å². The molecule has 2 heterocycles. The van der Waals surface area contributed by atoms with Crippen LogP contribution in [0.5, 0.6) is 5.75 Å². The Balaban J connectivity index is 1.86. The Morgan fingerprint density at radius 1 is 1.23 bits per heavy atom. The minimum absolute atomic E-state index is 0.110. The van der Waals surface area contributed by atoms with Gasteiger partial charge in [0.25, 0.3) is 0 Å². The molecule has 2 aromatic rings. The molecule has 1 aliphatic heterocycles. The van der Waals surface area contributed by atoms with E-state index in [-0.39, 0.29) is 24.2 Å². The lowest BCUT2D eigenvalue weighted by atomic mass is 10.2. The lowest BCUT2D eigenvalue weighted by Gasteiger charge is -2.26. The molecule has 0 radical (unpaired) electrons.